The van der Waals surface area contributed by atoms with Crippen LogP contribution in [-0.4, -0.2) is 18.1 Å². The van der Waals surface area contributed by atoms with Crippen molar-refractivity contribution in [2.45, 2.75) is 6.54 Å². The van der Waals surface area contributed by atoms with E-state index >= 15 is 0 Å². The fraction of sp³-hybridized carbons (Fsp3) is 0.143. The van der Waals surface area contributed by atoms with Crippen LogP contribution >= 0.6 is 0 Å². The molecule has 0 unspecified atom stereocenters. The molecule has 2 aromatic rings. The Morgan fingerprint density at radius 3 is 2.67 bits per heavy atom. The first-order chi connectivity index (χ1) is 10.0. The van der Waals surface area contributed by atoms with E-state index in [4.69, 9.17) is 0 Å². The summed E-state index contributed by atoms with van der Waals surface area (Å²) >= 11 is 0. The van der Waals surface area contributed by atoms with Gasteiger partial charge in [-0.3, -0.25) is 4.98 Å². The van der Waals surface area contributed by atoms with Crippen LogP contribution in [0.3, 0.4) is 0 Å². The molecule has 0 radical (unpaired) electrons. The molecule has 0 aliphatic heterocycles. The molecule has 7 heteroatoms. The van der Waals surface area contributed by atoms with Crippen LogP contribution in [0.15, 0.2) is 30.5 Å². The highest BCUT2D eigenvalue weighted by atomic mass is 19.2. The molecule has 110 valence electrons. The van der Waals surface area contributed by atoms with Crippen molar-refractivity contribution in [2.75, 3.05) is 12.4 Å². The maximum Gasteiger partial charge on any atom is 0.339 e. The third kappa shape index (κ3) is 3.50. The lowest BCUT2D eigenvalue weighted by molar-refractivity contribution is 0.0600. The van der Waals surface area contributed by atoms with E-state index < -0.39 is 23.4 Å². The summed E-state index contributed by atoms with van der Waals surface area (Å²) in [6, 6.07) is 4.32. The van der Waals surface area contributed by atoms with Gasteiger partial charge in [0.2, 0.25) is 0 Å². The number of pyridine rings is 1. The number of ether oxygens (including phenoxy) is 1. The molecule has 0 spiro atoms. The Morgan fingerprint density at radius 1 is 1.29 bits per heavy atom. The standard InChI is InChI=1S/C14H11F3N2O2/c1-21-14(20)8-2-3-10(18-6-8)7-19-12-5-9(15)4-11(16)13(12)17/h2-6,19H,7H2,1H3. The van der Waals surface area contributed by atoms with Gasteiger partial charge in [-0.05, 0) is 12.1 Å². The number of rotatable bonds is 4. The monoisotopic (exact) mass is 296 g/mol. The van der Waals surface area contributed by atoms with Crippen molar-refractivity contribution >= 4 is 11.7 Å². The van der Waals surface area contributed by atoms with Crippen molar-refractivity contribution in [3.63, 3.8) is 0 Å². The molecule has 0 saturated heterocycles. The SMILES string of the molecule is COC(=O)c1ccc(CNc2cc(F)cc(F)c2F)nc1. The highest BCUT2D eigenvalue weighted by Gasteiger charge is 2.11. The van der Waals surface area contributed by atoms with Crippen LogP contribution in [0.1, 0.15) is 16.1 Å². The first-order valence-electron chi connectivity index (χ1n) is 5.93. The van der Waals surface area contributed by atoms with Gasteiger partial charge >= 0.3 is 5.97 Å². The normalized spacial score (nSPS) is 10.3. The molecule has 0 amide bonds. The minimum absolute atomic E-state index is 0.0429. The third-order valence-corrected chi connectivity index (χ3v) is 2.70. The molecule has 1 N–H and O–H groups in total. The molecule has 4 nitrogen and oxygen atoms in total. The van der Waals surface area contributed by atoms with Gasteiger partial charge in [0.15, 0.2) is 11.6 Å². The molecule has 0 fully saturated rings. The molecule has 0 bridgehead atoms. The van der Waals surface area contributed by atoms with Gasteiger partial charge in [-0.15, -0.1) is 0 Å². The summed E-state index contributed by atoms with van der Waals surface area (Å²) in [5.74, 6) is -3.85. The van der Waals surface area contributed by atoms with Gasteiger partial charge in [0.25, 0.3) is 0 Å². The van der Waals surface area contributed by atoms with Crippen LogP contribution in [0.4, 0.5) is 18.9 Å². The van der Waals surface area contributed by atoms with E-state index in [-0.39, 0.29) is 17.8 Å². The second kappa shape index (κ2) is 6.25. The Labute approximate surface area is 118 Å². The molecule has 0 atom stereocenters. The molecule has 1 aromatic carbocycles. The predicted molar refractivity (Wildman–Crippen MR) is 69.2 cm³/mol. The summed E-state index contributed by atoms with van der Waals surface area (Å²) < 4.78 is 44.0. The number of aromatic nitrogens is 1. The number of carbonyl (C=O) groups is 1. The largest absolute Gasteiger partial charge is 0.465 e. The van der Waals surface area contributed by atoms with Crippen molar-refractivity contribution < 1.29 is 22.7 Å². The maximum absolute atomic E-state index is 13.4. The minimum atomic E-state index is -1.27. The Bertz CT molecular complexity index is 660. The number of esters is 1. The highest BCUT2D eigenvalue weighted by molar-refractivity contribution is 5.88. The van der Waals surface area contributed by atoms with E-state index in [0.29, 0.717) is 11.8 Å². The van der Waals surface area contributed by atoms with Crippen molar-refractivity contribution in [2.24, 2.45) is 0 Å². The molecule has 1 aromatic heterocycles. The Hall–Kier alpha value is -2.57. The number of halogens is 3. The van der Waals surface area contributed by atoms with Crippen molar-refractivity contribution in [1.29, 1.82) is 0 Å². The Balaban J connectivity index is 2.08. The lowest BCUT2D eigenvalue weighted by Crippen LogP contribution is -2.07. The number of hydrogen-bond acceptors (Lipinski definition) is 4. The number of benzene rings is 1. The number of anilines is 1. The van der Waals surface area contributed by atoms with E-state index in [2.05, 4.69) is 15.0 Å². The summed E-state index contributed by atoms with van der Waals surface area (Å²) in [7, 11) is 1.25. The van der Waals surface area contributed by atoms with E-state index in [9.17, 15) is 18.0 Å². The second-order valence-electron chi connectivity index (χ2n) is 4.13. The lowest BCUT2D eigenvalue weighted by atomic mass is 10.2. The maximum atomic E-state index is 13.4. The quantitative estimate of drug-likeness (QED) is 0.696. The van der Waals surface area contributed by atoms with Gasteiger partial charge in [-0.1, -0.05) is 0 Å². The van der Waals surface area contributed by atoms with Crippen LogP contribution < -0.4 is 5.32 Å². The predicted octanol–water partition coefficient (Wildman–Crippen LogP) is 2.90. The fourth-order valence-corrected chi connectivity index (χ4v) is 1.64. The zero-order chi connectivity index (χ0) is 15.4. The van der Waals surface area contributed by atoms with Gasteiger partial charge in [0.05, 0.1) is 30.6 Å². The first-order valence-corrected chi connectivity index (χ1v) is 5.93. The second-order valence-corrected chi connectivity index (χ2v) is 4.13. The minimum Gasteiger partial charge on any atom is -0.465 e. The number of nitrogens with one attached hydrogen (secondary N) is 1. The molecule has 0 aliphatic rings. The smallest absolute Gasteiger partial charge is 0.339 e. The van der Waals surface area contributed by atoms with E-state index in [1.54, 1.807) is 0 Å². The zero-order valence-electron chi connectivity index (χ0n) is 11.0. The number of carbonyl (C=O) groups excluding carboxylic acids is 1. The number of methoxy groups -OCH3 is 1. The van der Waals surface area contributed by atoms with Crippen LogP contribution in [-0.2, 0) is 11.3 Å². The first kappa shape index (κ1) is 14.8. The molecule has 0 saturated carbocycles. The van der Waals surface area contributed by atoms with Crippen molar-refractivity contribution in [1.82, 2.24) is 4.98 Å². The molecule has 21 heavy (non-hydrogen) atoms. The summed E-state index contributed by atoms with van der Waals surface area (Å²) in [5, 5.41) is 2.54. The molecular weight excluding hydrogens is 285 g/mol. The van der Waals surface area contributed by atoms with Crippen molar-refractivity contribution in [3.05, 3.63) is 59.2 Å². The third-order valence-electron chi connectivity index (χ3n) is 2.70. The summed E-state index contributed by atoms with van der Waals surface area (Å²) in [6.07, 6.45) is 1.30. The van der Waals surface area contributed by atoms with Gasteiger partial charge in [0, 0.05) is 18.3 Å². The zero-order valence-corrected chi connectivity index (χ0v) is 11.0. The van der Waals surface area contributed by atoms with E-state index in [1.165, 1.54) is 25.4 Å². The average Bonchev–Trinajstić information content (AvgIpc) is 2.49. The van der Waals surface area contributed by atoms with Gasteiger partial charge < -0.3 is 10.1 Å². The van der Waals surface area contributed by atoms with Crippen LogP contribution in [0.25, 0.3) is 0 Å². The van der Waals surface area contributed by atoms with E-state index in [1.807, 2.05) is 0 Å². The summed E-state index contributed by atoms with van der Waals surface area (Å²) in [6.45, 7) is 0.0429. The Kier molecular flexibility index (Phi) is 4.42. The van der Waals surface area contributed by atoms with Gasteiger partial charge in [0.1, 0.15) is 5.82 Å². The van der Waals surface area contributed by atoms with E-state index in [0.717, 1.165) is 6.07 Å². The van der Waals surface area contributed by atoms with Gasteiger partial charge in [-0.25, -0.2) is 18.0 Å². The fourth-order valence-electron chi connectivity index (χ4n) is 1.64. The van der Waals surface area contributed by atoms with Crippen LogP contribution in [0, 0.1) is 17.5 Å². The van der Waals surface area contributed by atoms with Gasteiger partial charge in [-0.2, -0.15) is 0 Å². The summed E-state index contributed by atoms with van der Waals surface area (Å²) in [4.78, 5) is 15.2. The number of nitrogens with zero attached hydrogens (tertiary/aromatic N) is 1. The molecule has 2 rings (SSSR count). The summed E-state index contributed by atoms with van der Waals surface area (Å²) in [5.41, 5.74) is 0.433. The van der Waals surface area contributed by atoms with Crippen LogP contribution in [0.5, 0.6) is 0 Å². The van der Waals surface area contributed by atoms with Crippen LogP contribution in [0.2, 0.25) is 0 Å². The van der Waals surface area contributed by atoms with Crippen molar-refractivity contribution in [3.8, 4) is 0 Å². The lowest BCUT2D eigenvalue weighted by Gasteiger charge is -2.08. The molecule has 1 heterocycles. The molecule has 0 aliphatic carbocycles. The average molecular weight is 296 g/mol. The Morgan fingerprint density at radius 2 is 2.05 bits per heavy atom. The number of hydrogen-bond donors (Lipinski definition) is 1. The molecular formula is C14H11F3N2O2. The highest BCUT2D eigenvalue weighted by Crippen LogP contribution is 2.19. The topological polar surface area (TPSA) is 51.2 Å².